The van der Waals surface area contributed by atoms with Gasteiger partial charge < -0.3 is 9.84 Å². The molecule has 0 radical (unpaired) electrons. The number of aromatic nitrogens is 2. The quantitative estimate of drug-likeness (QED) is 0.844. The lowest BCUT2D eigenvalue weighted by Crippen LogP contribution is -2.26. The summed E-state index contributed by atoms with van der Waals surface area (Å²) >= 11 is 0. The van der Waals surface area contributed by atoms with Gasteiger partial charge in [0.25, 0.3) is 0 Å². The highest BCUT2D eigenvalue weighted by atomic mass is 16.6. The summed E-state index contributed by atoms with van der Waals surface area (Å²) in [7, 11) is 0. The summed E-state index contributed by atoms with van der Waals surface area (Å²) in [5.41, 5.74) is 1.07. The highest BCUT2D eigenvalue weighted by Crippen LogP contribution is 2.23. The number of hydrogen-bond donors (Lipinski definition) is 1. The summed E-state index contributed by atoms with van der Waals surface area (Å²) in [4.78, 5) is 11.8. The fraction of sp³-hybridized carbons (Fsp3) is 0.429. The number of ether oxygens (including phenoxy) is 1. The number of esters is 1. The van der Waals surface area contributed by atoms with Gasteiger partial charge in [0.2, 0.25) is 0 Å². The zero-order valence-electron chi connectivity index (χ0n) is 11.6. The molecular formula is C14H18N2O3. The number of benzene rings is 1. The first kappa shape index (κ1) is 13.4. The van der Waals surface area contributed by atoms with Gasteiger partial charge in [0.15, 0.2) is 0 Å². The molecule has 0 aliphatic heterocycles. The molecule has 0 saturated heterocycles. The second-order valence-corrected chi connectivity index (χ2v) is 5.53. The first-order valence-electron chi connectivity index (χ1n) is 6.14. The Morgan fingerprint density at radius 1 is 1.42 bits per heavy atom. The van der Waals surface area contributed by atoms with Gasteiger partial charge in [0.1, 0.15) is 17.9 Å². The summed E-state index contributed by atoms with van der Waals surface area (Å²) in [5.74, 6) is -0.141. The summed E-state index contributed by atoms with van der Waals surface area (Å²) < 4.78 is 6.87. The van der Waals surface area contributed by atoms with E-state index in [9.17, 15) is 9.90 Å². The molecule has 5 nitrogen and oxygen atoms in total. The smallest absolute Gasteiger partial charge is 0.328 e. The number of aryl methyl sites for hydroxylation is 1. The third-order valence-corrected chi connectivity index (χ3v) is 2.62. The van der Waals surface area contributed by atoms with Gasteiger partial charge in [0, 0.05) is 5.39 Å². The molecule has 2 rings (SSSR count). The Kier molecular flexibility index (Phi) is 3.22. The minimum Gasteiger partial charge on any atom is -0.508 e. The molecule has 0 atom stereocenters. The molecule has 0 saturated carbocycles. The van der Waals surface area contributed by atoms with Crippen molar-refractivity contribution in [1.82, 2.24) is 9.78 Å². The monoisotopic (exact) mass is 262 g/mol. The van der Waals surface area contributed by atoms with Gasteiger partial charge in [-0.05, 0) is 45.9 Å². The van der Waals surface area contributed by atoms with E-state index in [1.165, 1.54) is 0 Å². The van der Waals surface area contributed by atoms with Gasteiger partial charge in [-0.15, -0.1) is 0 Å². The van der Waals surface area contributed by atoms with Crippen LogP contribution in [-0.4, -0.2) is 26.5 Å². The van der Waals surface area contributed by atoms with Crippen molar-refractivity contribution in [1.29, 1.82) is 0 Å². The van der Waals surface area contributed by atoms with Crippen LogP contribution in [0, 0.1) is 6.92 Å². The molecule has 0 amide bonds. The number of fused-ring (bicyclic) bond motifs is 1. The third kappa shape index (κ3) is 3.05. The average molecular weight is 262 g/mol. The molecule has 5 heteroatoms. The van der Waals surface area contributed by atoms with E-state index in [-0.39, 0.29) is 18.3 Å². The van der Waals surface area contributed by atoms with Crippen LogP contribution < -0.4 is 0 Å². The number of aromatic hydroxyl groups is 1. The lowest BCUT2D eigenvalue weighted by atomic mass is 10.2. The lowest BCUT2D eigenvalue weighted by Gasteiger charge is -2.19. The molecule has 0 unspecified atom stereocenters. The van der Waals surface area contributed by atoms with Gasteiger partial charge in [-0.25, -0.2) is 0 Å². The van der Waals surface area contributed by atoms with Crippen molar-refractivity contribution in [2.24, 2.45) is 0 Å². The zero-order chi connectivity index (χ0) is 14.2. The van der Waals surface area contributed by atoms with Crippen molar-refractivity contribution in [2.45, 2.75) is 39.8 Å². The molecule has 102 valence electrons. The van der Waals surface area contributed by atoms with Crippen LogP contribution >= 0.6 is 0 Å². The largest absolute Gasteiger partial charge is 0.508 e. The molecular weight excluding hydrogens is 244 g/mol. The van der Waals surface area contributed by atoms with Crippen molar-refractivity contribution < 1.29 is 14.6 Å². The van der Waals surface area contributed by atoms with Crippen LogP contribution in [0.4, 0.5) is 0 Å². The van der Waals surface area contributed by atoms with Gasteiger partial charge in [0.05, 0.1) is 11.2 Å². The Bertz CT molecular complexity index is 623. The fourth-order valence-corrected chi connectivity index (χ4v) is 1.94. The van der Waals surface area contributed by atoms with Crippen LogP contribution in [0.2, 0.25) is 0 Å². The summed E-state index contributed by atoms with van der Waals surface area (Å²) in [6.45, 7) is 7.39. The van der Waals surface area contributed by atoms with Crippen LogP contribution in [-0.2, 0) is 16.1 Å². The highest BCUT2D eigenvalue weighted by molar-refractivity contribution is 5.84. The first-order valence-corrected chi connectivity index (χ1v) is 6.14. The summed E-state index contributed by atoms with van der Waals surface area (Å²) in [6.07, 6.45) is 0. The number of hydrogen-bond acceptors (Lipinski definition) is 4. The molecule has 1 aromatic carbocycles. The summed E-state index contributed by atoms with van der Waals surface area (Å²) in [5, 5.41) is 14.6. The predicted octanol–water partition coefficient (Wildman–Crippen LogP) is 2.39. The van der Waals surface area contributed by atoms with E-state index in [0.717, 1.165) is 16.6 Å². The van der Waals surface area contributed by atoms with E-state index in [1.54, 1.807) is 22.9 Å². The van der Waals surface area contributed by atoms with Gasteiger partial charge >= 0.3 is 5.97 Å². The number of rotatable bonds is 2. The molecule has 1 N–H and O–H groups in total. The van der Waals surface area contributed by atoms with Crippen LogP contribution in [0.15, 0.2) is 18.2 Å². The third-order valence-electron chi connectivity index (χ3n) is 2.62. The molecule has 0 aliphatic rings. The molecule has 1 heterocycles. The van der Waals surface area contributed by atoms with Crippen molar-refractivity contribution in [3.63, 3.8) is 0 Å². The van der Waals surface area contributed by atoms with Crippen molar-refractivity contribution in [3.05, 3.63) is 23.9 Å². The molecule has 1 aromatic heterocycles. The summed E-state index contributed by atoms with van der Waals surface area (Å²) in [6, 6.07) is 4.97. The van der Waals surface area contributed by atoms with E-state index in [1.807, 2.05) is 27.7 Å². The van der Waals surface area contributed by atoms with E-state index in [2.05, 4.69) is 5.10 Å². The van der Waals surface area contributed by atoms with Crippen LogP contribution in [0.1, 0.15) is 26.5 Å². The second kappa shape index (κ2) is 4.57. The van der Waals surface area contributed by atoms with Crippen molar-refractivity contribution in [2.75, 3.05) is 0 Å². The molecule has 19 heavy (non-hydrogen) atoms. The van der Waals surface area contributed by atoms with Crippen LogP contribution in [0.5, 0.6) is 5.75 Å². The Hall–Kier alpha value is -2.04. The molecule has 0 bridgehead atoms. The molecule has 0 spiro atoms. The molecule has 0 aliphatic carbocycles. The topological polar surface area (TPSA) is 64.4 Å². The number of phenolic OH excluding ortho intramolecular Hbond substituents is 1. The predicted molar refractivity (Wildman–Crippen MR) is 72.0 cm³/mol. The number of carbonyl (C=O) groups excluding carboxylic acids is 1. The maximum atomic E-state index is 11.8. The second-order valence-electron chi connectivity index (χ2n) is 5.53. The number of nitrogens with zero attached hydrogens (tertiary/aromatic N) is 2. The normalized spacial score (nSPS) is 11.8. The lowest BCUT2D eigenvalue weighted by molar-refractivity contribution is -0.155. The van der Waals surface area contributed by atoms with Crippen molar-refractivity contribution in [3.8, 4) is 5.75 Å². The van der Waals surface area contributed by atoms with E-state index < -0.39 is 5.60 Å². The minimum atomic E-state index is -0.507. The van der Waals surface area contributed by atoms with Gasteiger partial charge in [-0.3, -0.25) is 9.48 Å². The molecule has 0 fully saturated rings. The SMILES string of the molecule is Cc1nn(CC(=O)OC(C)(C)C)c2ccc(O)cc12. The van der Waals surface area contributed by atoms with E-state index >= 15 is 0 Å². The van der Waals surface area contributed by atoms with Gasteiger partial charge in [-0.2, -0.15) is 5.10 Å². The first-order chi connectivity index (χ1) is 8.76. The maximum Gasteiger partial charge on any atom is 0.328 e. The zero-order valence-corrected chi connectivity index (χ0v) is 11.6. The Morgan fingerprint density at radius 2 is 2.11 bits per heavy atom. The number of phenols is 1. The maximum absolute atomic E-state index is 11.8. The van der Waals surface area contributed by atoms with Crippen LogP contribution in [0.25, 0.3) is 10.9 Å². The van der Waals surface area contributed by atoms with Gasteiger partial charge in [-0.1, -0.05) is 0 Å². The van der Waals surface area contributed by atoms with Crippen molar-refractivity contribution >= 4 is 16.9 Å². The van der Waals surface area contributed by atoms with Crippen LogP contribution in [0.3, 0.4) is 0 Å². The Balaban J connectivity index is 2.29. The fourth-order valence-electron chi connectivity index (χ4n) is 1.94. The molecule has 2 aromatic rings. The standard InChI is InChI=1S/C14H18N2O3/c1-9-11-7-10(17)5-6-12(11)16(15-9)8-13(18)19-14(2,3)4/h5-7,17H,8H2,1-4H3. The Labute approximate surface area is 111 Å². The van der Waals surface area contributed by atoms with E-state index in [0.29, 0.717) is 0 Å². The minimum absolute atomic E-state index is 0.0619. The Morgan fingerprint density at radius 3 is 2.74 bits per heavy atom. The number of carbonyl (C=O) groups is 1. The van der Waals surface area contributed by atoms with E-state index in [4.69, 9.17) is 4.74 Å². The highest BCUT2D eigenvalue weighted by Gasteiger charge is 2.18. The average Bonchev–Trinajstić information content (AvgIpc) is 2.52.